The Hall–Kier alpha value is -2.42. The highest BCUT2D eigenvalue weighted by Gasteiger charge is 2.23. The van der Waals surface area contributed by atoms with E-state index < -0.39 is 0 Å². The van der Waals surface area contributed by atoms with Gasteiger partial charge in [-0.15, -0.1) is 0 Å². The van der Waals surface area contributed by atoms with Gasteiger partial charge >= 0.3 is 0 Å². The number of aromatic nitrogens is 6. The largest absolute Gasteiger partial charge is 0.367 e. The molecule has 1 N–H and O–H groups in total. The SMILES string of the molecule is Cc1cc2nc(Cl)cc(Cl)n2n1.Cc1nn2c(NC3CC3)cc(Cl)nc2c1C=O. The average molecular weight is 453 g/mol. The molecule has 8 nitrogen and oxygen atoms in total. The van der Waals surface area contributed by atoms with Crippen molar-refractivity contribution in [3.05, 3.63) is 50.6 Å². The zero-order valence-corrected chi connectivity index (χ0v) is 17.8. The first-order valence-electron chi connectivity index (χ1n) is 8.81. The van der Waals surface area contributed by atoms with Crippen LogP contribution in [0.25, 0.3) is 11.3 Å². The maximum atomic E-state index is 11.0. The number of aryl methyl sites for hydroxylation is 2. The molecular weight excluding hydrogens is 437 g/mol. The smallest absolute Gasteiger partial charge is 0.169 e. The molecule has 11 heteroatoms. The van der Waals surface area contributed by atoms with Crippen molar-refractivity contribution in [2.75, 3.05) is 5.32 Å². The first kappa shape index (κ1) is 19.9. The molecule has 29 heavy (non-hydrogen) atoms. The average Bonchev–Trinajstić information content (AvgIpc) is 3.29. The number of halogens is 3. The second-order valence-electron chi connectivity index (χ2n) is 6.69. The van der Waals surface area contributed by atoms with Crippen LogP contribution in [0.2, 0.25) is 15.5 Å². The Kier molecular flexibility index (Phi) is 5.33. The topological polar surface area (TPSA) is 89.5 Å². The predicted molar refractivity (Wildman–Crippen MR) is 113 cm³/mol. The van der Waals surface area contributed by atoms with Crippen LogP contribution in [0.5, 0.6) is 0 Å². The molecule has 0 radical (unpaired) electrons. The van der Waals surface area contributed by atoms with Gasteiger partial charge in [0.2, 0.25) is 0 Å². The quantitative estimate of drug-likeness (QED) is 0.365. The van der Waals surface area contributed by atoms with E-state index in [1.807, 2.05) is 13.0 Å². The standard InChI is InChI=1S/C11H11ClN4O.C7H5Cl2N3/c1-6-8(5-17)11-14-9(12)4-10(16(11)15-6)13-7-2-3-7;1-4-2-7-10-5(8)3-6(9)12(7)11-4/h4-5,7,13H,2-3H2,1H3;2-3H,1H3. The van der Waals surface area contributed by atoms with Gasteiger partial charge in [-0.3, -0.25) is 4.79 Å². The normalized spacial score (nSPS) is 13.4. The van der Waals surface area contributed by atoms with Crippen LogP contribution in [-0.2, 0) is 0 Å². The Bertz CT molecular complexity index is 1230. The zero-order chi connectivity index (χ0) is 20.7. The lowest BCUT2D eigenvalue weighted by molar-refractivity contribution is 0.112. The van der Waals surface area contributed by atoms with Crippen molar-refractivity contribution in [1.82, 2.24) is 29.2 Å². The molecule has 5 rings (SSSR count). The number of hydrogen-bond donors (Lipinski definition) is 1. The molecule has 1 fully saturated rings. The third-order valence-corrected chi connectivity index (χ3v) is 4.96. The summed E-state index contributed by atoms with van der Waals surface area (Å²) in [5, 5.41) is 13.0. The van der Waals surface area contributed by atoms with Crippen molar-refractivity contribution < 1.29 is 4.79 Å². The fraction of sp³-hybridized carbons (Fsp3) is 0.278. The van der Waals surface area contributed by atoms with Crippen molar-refractivity contribution in [3.8, 4) is 0 Å². The maximum absolute atomic E-state index is 11.0. The van der Waals surface area contributed by atoms with Crippen LogP contribution in [0.1, 0.15) is 34.6 Å². The first-order valence-corrected chi connectivity index (χ1v) is 9.95. The molecule has 1 saturated carbocycles. The third-order valence-electron chi connectivity index (χ3n) is 4.30. The number of hydrogen-bond acceptors (Lipinski definition) is 6. The Morgan fingerprint density at radius 1 is 1.03 bits per heavy atom. The van der Waals surface area contributed by atoms with Gasteiger partial charge in [-0.05, 0) is 26.7 Å². The number of carbonyl (C=O) groups excluding carboxylic acids is 1. The number of fused-ring (bicyclic) bond motifs is 2. The number of anilines is 1. The molecule has 0 bridgehead atoms. The summed E-state index contributed by atoms with van der Waals surface area (Å²) in [4.78, 5) is 19.2. The summed E-state index contributed by atoms with van der Waals surface area (Å²) in [5.41, 5.74) is 3.20. The number of rotatable bonds is 3. The molecule has 0 amide bonds. The molecule has 4 aromatic heterocycles. The lowest BCUT2D eigenvalue weighted by Crippen LogP contribution is -2.07. The predicted octanol–water partition coefficient (Wildman–Crippen LogP) is 4.42. The van der Waals surface area contributed by atoms with Crippen molar-refractivity contribution in [1.29, 1.82) is 0 Å². The number of aldehydes is 1. The highest BCUT2D eigenvalue weighted by Crippen LogP contribution is 2.27. The summed E-state index contributed by atoms with van der Waals surface area (Å²) >= 11 is 17.5. The monoisotopic (exact) mass is 451 g/mol. The van der Waals surface area contributed by atoms with E-state index in [-0.39, 0.29) is 0 Å². The minimum Gasteiger partial charge on any atom is -0.367 e. The van der Waals surface area contributed by atoms with Crippen molar-refractivity contribution in [2.24, 2.45) is 0 Å². The van der Waals surface area contributed by atoms with Crippen LogP contribution >= 0.6 is 34.8 Å². The Morgan fingerprint density at radius 3 is 2.45 bits per heavy atom. The lowest BCUT2D eigenvalue weighted by atomic mass is 10.3. The molecule has 1 aliphatic rings. The molecule has 4 heterocycles. The Balaban J connectivity index is 0.000000150. The zero-order valence-electron chi connectivity index (χ0n) is 15.5. The van der Waals surface area contributed by atoms with Crippen LogP contribution < -0.4 is 5.32 Å². The Labute approximate surface area is 180 Å². The number of carbonyl (C=O) groups is 1. The number of nitrogens with zero attached hydrogens (tertiary/aromatic N) is 6. The van der Waals surface area contributed by atoms with Gasteiger partial charge in [0.15, 0.2) is 17.6 Å². The second kappa shape index (κ2) is 7.78. The first-order chi connectivity index (χ1) is 13.9. The van der Waals surface area contributed by atoms with E-state index in [2.05, 4.69) is 25.5 Å². The van der Waals surface area contributed by atoms with Crippen LogP contribution in [0, 0.1) is 13.8 Å². The minimum absolute atomic E-state index is 0.364. The van der Waals surface area contributed by atoms with Gasteiger partial charge in [-0.1, -0.05) is 34.8 Å². The molecule has 0 saturated heterocycles. The van der Waals surface area contributed by atoms with Gasteiger partial charge in [0.1, 0.15) is 21.3 Å². The molecule has 0 spiro atoms. The molecule has 4 aromatic rings. The van der Waals surface area contributed by atoms with E-state index in [9.17, 15) is 4.79 Å². The molecule has 0 aromatic carbocycles. The minimum atomic E-state index is 0.364. The van der Waals surface area contributed by atoms with Crippen molar-refractivity contribution in [2.45, 2.75) is 32.7 Å². The molecular formula is C18H16Cl3N7O. The fourth-order valence-corrected chi connectivity index (χ4v) is 3.47. The van der Waals surface area contributed by atoms with E-state index in [1.54, 1.807) is 28.1 Å². The van der Waals surface area contributed by atoms with Crippen LogP contribution in [-0.4, -0.2) is 41.5 Å². The van der Waals surface area contributed by atoms with Crippen LogP contribution in [0.15, 0.2) is 18.2 Å². The maximum Gasteiger partial charge on any atom is 0.169 e. The summed E-state index contributed by atoms with van der Waals surface area (Å²) in [6.07, 6.45) is 3.08. The molecule has 0 unspecified atom stereocenters. The number of nitrogens with one attached hydrogen (secondary N) is 1. The molecule has 1 aliphatic carbocycles. The van der Waals surface area contributed by atoms with Gasteiger partial charge in [-0.25, -0.2) is 14.5 Å². The highest BCUT2D eigenvalue weighted by molar-refractivity contribution is 6.33. The van der Waals surface area contributed by atoms with Gasteiger partial charge < -0.3 is 5.32 Å². The van der Waals surface area contributed by atoms with E-state index in [0.717, 1.165) is 30.6 Å². The van der Waals surface area contributed by atoms with Crippen LogP contribution in [0.3, 0.4) is 0 Å². The van der Waals surface area contributed by atoms with E-state index in [0.29, 0.717) is 44.1 Å². The third kappa shape index (κ3) is 4.14. The van der Waals surface area contributed by atoms with E-state index in [4.69, 9.17) is 34.8 Å². The second-order valence-corrected chi connectivity index (χ2v) is 7.85. The molecule has 0 aliphatic heterocycles. The summed E-state index contributed by atoms with van der Waals surface area (Å²) in [6.45, 7) is 3.66. The van der Waals surface area contributed by atoms with Crippen molar-refractivity contribution >= 4 is 58.2 Å². The highest BCUT2D eigenvalue weighted by atomic mass is 35.5. The van der Waals surface area contributed by atoms with Gasteiger partial charge in [0, 0.05) is 24.2 Å². The summed E-state index contributed by atoms with van der Waals surface area (Å²) in [6, 6.07) is 5.59. The van der Waals surface area contributed by atoms with Gasteiger partial charge in [-0.2, -0.15) is 14.7 Å². The molecule has 150 valence electrons. The summed E-state index contributed by atoms with van der Waals surface area (Å²) < 4.78 is 3.19. The van der Waals surface area contributed by atoms with Crippen molar-refractivity contribution in [3.63, 3.8) is 0 Å². The summed E-state index contributed by atoms with van der Waals surface area (Å²) in [5.74, 6) is 0.790. The van der Waals surface area contributed by atoms with Gasteiger partial charge in [0.05, 0.1) is 17.0 Å². The summed E-state index contributed by atoms with van der Waals surface area (Å²) in [7, 11) is 0. The van der Waals surface area contributed by atoms with E-state index in [1.165, 1.54) is 0 Å². The molecule has 0 atom stereocenters. The Morgan fingerprint density at radius 2 is 1.76 bits per heavy atom. The van der Waals surface area contributed by atoms with Crippen LogP contribution in [0.4, 0.5) is 5.82 Å². The van der Waals surface area contributed by atoms with Gasteiger partial charge in [0.25, 0.3) is 0 Å². The van der Waals surface area contributed by atoms with E-state index >= 15 is 0 Å². The fourth-order valence-electron chi connectivity index (χ4n) is 2.81. The lowest BCUT2D eigenvalue weighted by Gasteiger charge is -2.07.